The molecule has 1 aliphatic heterocycles. The van der Waals surface area contributed by atoms with E-state index >= 15 is 0 Å². The van der Waals surface area contributed by atoms with Gasteiger partial charge in [-0.3, -0.25) is 5.32 Å². The summed E-state index contributed by atoms with van der Waals surface area (Å²) in [7, 11) is 1.62. The lowest BCUT2D eigenvalue weighted by atomic mass is 9.62. The number of fused-ring (bicyclic) bond motifs is 3. The summed E-state index contributed by atoms with van der Waals surface area (Å²) in [6.45, 7) is 4.10. The molecule has 34 heavy (non-hydrogen) atoms. The number of ether oxygens (including phenoxy) is 1. The molecule has 180 valence electrons. The van der Waals surface area contributed by atoms with Gasteiger partial charge >= 0.3 is 12.2 Å². The first-order valence-corrected chi connectivity index (χ1v) is 11.1. The van der Waals surface area contributed by atoms with Crippen LogP contribution in [0.5, 0.6) is 0 Å². The van der Waals surface area contributed by atoms with Gasteiger partial charge in [-0.25, -0.2) is 19.3 Å². The Morgan fingerprint density at radius 3 is 2.82 bits per heavy atom. The van der Waals surface area contributed by atoms with Crippen LogP contribution in [0.3, 0.4) is 0 Å². The van der Waals surface area contributed by atoms with Gasteiger partial charge < -0.3 is 9.64 Å². The van der Waals surface area contributed by atoms with Gasteiger partial charge in [0.15, 0.2) is 5.82 Å². The predicted octanol–water partition coefficient (Wildman–Crippen LogP) is 4.62. The summed E-state index contributed by atoms with van der Waals surface area (Å²) in [6.07, 6.45) is 1.47. The van der Waals surface area contributed by atoms with Crippen LogP contribution in [0.25, 0.3) is 16.9 Å². The number of carbonyl (C=O) groups excluding carboxylic acids is 1. The van der Waals surface area contributed by atoms with E-state index in [1.807, 2.05) is 6.92 Å². The zero-order valence-corrected chi connectivity index (χ0v) is 19.0. The van der Waals surface area contributed by atoms with E-state index in [-0.39, 0.29) is 29.4 Å². The molecule has 11 heteroatoms. The Hall–Kier alpha value is -3.21. The number of nitrogens with zero attached hydrogens (tertiary/aromatic N) is 5. The predicted molar refractivity (Wildman–Crippen MR) is 118 cm³/mol. The maximum Gasteiger partial charge on any atom is 0.418 e. The average molecular weight is 474 g/mol. The number of anilines is 1. The molecular formula is C23H25F3N6O2. The number of aromatic nitrogens is 4. The number of amides is 2. The van der Waals surface area contributed by atoms with E-state index in [4.69, 9.17) is 4.74 Å². The Balaban J connectivity index is 1.48. The van der Waals surface area contributed by atoms with Crippen molar-refractivity contribution in [2.24, 2.45) is 5.92 Å². The maximum atomic E-state index is 13.7. The topological polar surface area (TPSA) is 84.7 Å². The number of piperidine rings is 1. The van der Waals surface area contributed by atoms with Gasteiger partial charge in [0, 0.05) is 31.1 Å². The third-order valence-corrected chi connectivity index (χ3v) is 7.11. The van der Waals surface area contributed by atoms with Crippen molar-refractivity contribution in [2.45, 2.75) is 57.0 Å². The first-order valence-electron chi connectivity index (χ1n) is 11.1. The van der Waals surface area contributed by atoms with Crippen LogP contribution in [0.1, 0.15) is 38.7 Å². The normalized spacial score (nSPS) is 25.2. The monoisotopic (exact) mass is 474 g/mol. The van der Waals surface area contributed by atoms with E-state index in [1.165, 1.54) is 16.8 Å². The van der Waals surface area contributed by atoms with E-state index in [1.54, 1.807) is 30.3 Å². The standard InChI is InChI=1S/C23H25F3N6O2/c1-13-7-16-10-22(9-13,14(2)34-3)32(16)21(33)29-19-8-17(18(12-27-19)23(24,25)26)20-28-11-15-5-4-6-31(15)30-20/h4-6,8,11-14,16H,7,9-10H2,1-3H3,(H,27,29,33)/t13-,14+,16+,22-/m1/s1. The lowest BCUT2D eigenvalue weighted by molar-refractivity contribution is -0.155. The fourth-order valence-electron chi connectivity index (χ4n) is 5.55. The average Bonchev–Trinajstić information content (AvgIpc) is 3.25. The highest BCUT2D eigenvalue weighted by molar-refractivity contribution is 5.91. The molecule has 0 spiro atoms. The minimum absolute atomic E-state index is 0.00226. The van der Waals surface area contributed by atoms with Crippen molar-refractivity contribution in [1.82, 2.24) is 24.5 Å². The van der Waals surface area contributed by atoms with Crippen LogP contribution < -0.4 is 5.32 Å². The maximum absolute atomic E-state index is 13.7. The molecule has 1 N–H and O–H groups in total. The van der Waals surface area contributed by atoms with Crippen molar-refractivity contribution in [3.63, 3.8) is 0 Å². The van der Waals surface area contributed by atoms with Crippen LogP contribution in [0.4, 0.5) is 23.8 Å². The molecular weight excluding hydrogens is 449 g/mol. The second-order valence-corrected chi connectivity index (χ2v) is 9.26. The van der Waals surface area contributed by atoms with Crippen molar-refractivity contribution >= 4 is 17.4 Å². The Labute approximate surface area is 194 Å². The van der Waals surface area contributed by atoms with Crippen LogP contribution in [0.15, 0.2) is 36.8 Å². The first-order chi connectivity index (χ1) is 16.1. The highest BCUT2D eigenvalue weighted by Gasteiger charge is 2.61. The Morgan fingerprint density at radius 2 is 2.09 bits per heavy atom. The highest BCUT2D eigenvalue weighted by Crippen LogP contribution is 2.52. The molecule has 0 unspecified atom stereocenters. The number of methoxy groups -OCH3 is 1. The summed E-state index contributed by atoms with van der Waals surface area (Å²) in [6, 6.07) is 4.31. The van der Waals surface area contributed by atoms with Crippen molar-refractivity contribution in [3.05, 3.63) is 42.4 Å². The first kappa shape index (κ1) is 22.6. The molecule has 2 amide bonds. The molecule has 8 nitrogen and oxygen atoms in total. The van der Waals surface area contributed by atoms with Crippen molar-refractivity contribution < 1.29 is 22.7 Å². The van der Waals surface area contributed by atoms with Gasteiger partial charge in [-0.15, -0.1) is 5.10 Å². The summed E-state index contributed by atoms with van der Waals surface area (Å²) < 4.78 is 48.2. The largest absolute Gasteiger partial charge is 0.418 e. The van der Waals surface area contributed by atoms with Crippen LogP contribution in [-0.2, 0) is 10.9 Å². The lowest BCUT2D eigenvalue weighted by Gasteiger charge is -2.65. The number of likely N-dealkylation sites (tertiary alicyclic amines) is 1. The number of urea groups is 1. The van der Waals surface area contributed by atoms with Crippen LogP contribution in [0, 0.1) is 5.92 Å². The SMILES string of the molecule is CO[C@@H](C)[C@@]12C[C@H](C)C[C@@H](C1)N2C(=O)Nc1cc(-c2ncc3cccn3n2)c(C(F)(F)F)cn1. The molecule has 1 saturated carbocycles. The van der Waals surface area contributed by atoms with Crippen LogP contribution in [0.2, 0.25) is 0 Å². The summed E-state index contributed by atoms with van der Waals surface area (Å²) in [5.74, 6) is 0.340. The minimum atomic E-state index is -4.66. The number of hydrogen-bond acceptors (Lipinski definition) is 5. The molecule has 0 aromatic carbocycles. The third-order valence-electron chi connectivity index (χ3n) is 7.11. The summed E-state index contributed by atoms with van der Waals surface area (Å²) in [5.41, 5.74) is -1.02. The molecule has 0 radical (unpaired) electrons. The fraction of sp³-hybridized carbons (Fsp3) is 0.478. The quantitative estimate of drug-likeness (QED) is 0.597. The Kier molecular flexibility index (Phi) is 5.27. The van der Waals surface area contributed by atoms with Crippen LogP contribution >= 0.6 is 0 Å². The summed E-state index contributed by atoms with van der Waals surface area (Å²) in [5, 5.41) is 6.90. The fourth-order valence-corrected chi connectivity index (χ4v) is 5.55. The molecule has 2 fully saturated rings. The second-order valence-electron chi connectivity index (χ2n) is 9.26. The zero-order chi connectivity index (χ0) is 24.3. The van der Waals surface area contributed by atoms with Gasteiger partial charge in [0.05, 0.1) is 28.9 Å². The van der Waals surface area contributed by atoms with E-state index in [2.05, 4.69) is 27.3 Å². The van der Waals surface area contributed by atoms with Crippen molar-refractivity contribution in [3.8, 4) is 11.4 Å². The lowest BCUT2D eigenvalue weighted by Crippen LogP contribution is -2.76. The molecule has 3 aromatic heterocycles. The number of carbonyl (C=O) groups is 1. The molecule has 1 saturated heterocycles. The number of pyridine rings is 1. The van der Waals surface area contributed by atoms with Gasteiger partial charge in [-0.1, -0.05) is 6.92 Å². The van der Waals surface area contributed by atoms with Gasteiger partial charge in [0.25, 0.3) is 0 Å². The smallest absolute Gasteiger partial charge is 0.379 e. The van der Waals surface area contributed by atoms with Crippen molar-refractivity contribution in [2.75, 3.05) is 12.4 Å². The van der Waals surface area contributed by atoms with Crippen LogP contribution in [-0.4, -0.2) is 55.3 Å². The molecule has 2 bridgehead atoms. The molecule has 1 aliphatic carbocycles. The summed E-state index contributed by atoms with van der Waals surface area (Å²) >= 11 is 0. The third kappa shape index (κ3) is 3.58. The zero-order valence-electron chi connectivity index (χ0n) is 19.0. The van der Waals surface area contributed by atoms with Crippen molar-refractivity contribution in [1.29, 1.82) is 0 Å². The summed E-state index contributed by atoms with van der Waals surface area (Å²) in [4.78, 5) is 23.0. The number of rotatable bonds is 4. The minimum Gasteiger partial charge on any atom is -0.379 e. The van der Waals surface area contributed by atoms with Gasteiger partial charge in [0.1, 0.15) is 5.82 Å². The number of hydrogen-bond donors (Lipinski definition) is 1. The molecule has 2 aliphatic rings. The highest BCUT2D eigenvalue weighted by atomic mass is 19.4. The van der Waals surface area contributed by atoms with E-state index in [0.717, 1.165) is 19.3 Å². The van der Waals surface area contributed by atoms with Gasteiger partial charge in [-0.05, 0) is 50.3 Å². The molecule has 4 atom stereocenters. The van der Waals surface area contributed by atoms with Gasteiger partial charge in [0.2, 0.25) is 0 Å². The molecule has 4 heterocycles. The Bertz CT molecular complexity index is 1240. The molecule has 3 aromatic rings. The molecule has 5 rings (SSSR count). The van der Waals surface area contributed by atoms with E-state index in [0.29, 0.717) is 17.6 Å². The van der Waals surface area contributed by atoms with E-state index < -0.39 is 23.3 Å². The Morgan fingerprint density at radius 1 is 1.29 bits per heavy atom. The number of nitrogens with one attached hydrogen (secondary N) is 1. The van der Waals surface area contributed by atoms with E-state index in [9.17, 15) is 18.0 Å². The number of halogens is 3. The van der Waals surface area contributed by atoms with Gasteiger partial charge in [-0.2, -0.15) is 13.2 Å². The second kappa shape index (κ2) is 7.93. The number of alkyl halides is 3.